The molecule has 1 aromatic heterocycles. The molecule has 2 N–H and O–H groups in total. The van der Waals surface area contributed by atoms with E-state index in [0.29, 0.717) is 12.0 Å². The smallest absolute Gasteiger partial charge is 0.278 e. The average molecular weight is 332 g/mol. The second-order valence-electron chi connectivity index (χ2n) is 7.29. The first kappa shape index (κ1) is 17.1. The van der Waals surface area contributed by atoms with Gasteiger partial charge in [0.1, 0.15) is 0 Å². The summed E-state index contributed by atoms with van der Waals surface area (Å²) in [7, 11) is 0. The molecule has 1 saturated carbocycles. The number of hydrogen-bond donors (Lipinski definition) is 2. The molecule has 0 aromatic carbocycles. The summed E-state index contributed by atoms with van der Waals surface area (Å²) >= 11 is 0. The number of quaternary nitrogens is 1. The maximum absolute atomic E-state index is 12.6. The van der Waals surface area contributed by atoms with Crippen molar-refractivity contribution in [2.45, 2.75) is 51.6 Å². The fourth-order valence-electron chi connectivity index (χ4n) is 3.91. The van der Waals surface area contributed by atoms with Crippen molar-refractivity contribution in [1.29, 1.82) is 0 Å². The highest BCUT2D eigenvalue weighted by Crippen LogP contribution is 2.23. The molecular formula is C18H30N5O+. The molecule has 3 rings (SSSR count). The Kier molecular flexibility index (Phi) is 5.66. The standard InChI is InChI=1S/C18H29N5O/c1-14-6-3-4-7-16(14)21-17(24)15(2)22-10-12-23(13-11-22)18-19-8-5-9-20-18/h5,8-9,14-16H,3-4,6-7,10-13H2,1-2H3,(H,21,24)/p+1/t14-,15-,16+/m1/s1. The third kappa shape index (κ3) is 4.04. The summed E-state index contributed by atoms with van der Waals surface area (Å²) in [5.74, 6) is 1.62. The molecule has 0 bridgehead atoms. The summed E-state index contributed by atoms with van der Waals surface area (Å²) in [6.07, 6.45) is 8.48. The Labute approximate surface area is 144 Å². The molecule has 1 aliphatic heterocycles. The Balaban J connectivity index is 1.49. The van der Waals surface area contributed by atoms with Crippen molar-refractivity contribution < 1.29 is 9.69 Å². The molecule has 132 valence electrons. The second-order valence-corrected chi connectivity index (χ2v) is 7.29. The largest absolute Gasteiger partial charge is 0.348 e. The van der Waals surface area contributed by atoms with E-state index in [2.05, 4.69) is 34.0 Å². The maximum atomic E-state index is 12.6. The molecule has 0 spiro atoms. The number of carbonyl (C=O) groups excluding carboxylic acids is 1. The van der Waals surface area contributed by atoms with Crippen LogP contribution >= 0.6 is 0 Å². The predicted octanol–water partition coefficient (Wildman–Crippen LogP) is 0.265. The van der Waals surface area contributed by atoms with Gasteiger partial charge in [-0.3, -0.25) is 4.79 Å². The fourth-order valence-corrected chi connectivity index (χ4v) is 3.91. The number of nitrogens with zero attached hydrogens (tertiary/aromatic N) is 3. The number of rotatable bonds is 4. The zero-order valence-corrected chi connectivity index (χ0v) is 14.9. The van der Waals surface area contributed by atoms with Gasteiger partial charge in [0.15, 0.2) is 6.04 Å². The number of nitrogens with one attached hydrogen (secondary N) is 2. The normalized spacial score (nSPS) is 26.8. The molecule has 1 aliphatic carbocycles. The van der Waals surface area contributed by atoms with Crippen molar-refractivity contribution in [1.82, 2.24) is 15.3 Å². The molecule has 2 aliphatic rings. The van der Waals surface area contributed by atoms with Crippen LogP contribution in [-0.4, -0.2) is 54.1 Å². The van der Waals surface area contributed by atoms with E-state index in [1.807, 2.05) is 6.07 Å². The second kappa shape index (κ2) is 7.92. The Hall–Kier alpha value is -1.69. The van der Waals surface area contributed by atoms with E-state index in [9.17, 15) is 4.79 Å². The van der Waals surface area contributed by atoms with E-state index in [-0.39, 0.29) is 11.9 Å². The third-order valence-corrected chi connectivity index (χ3v) is 5.69. The van der Waals surface area contributed by atoms with E-state index < -0.39 is 0 Å². The van der Waals surface area contributed by atoms with Gasteiger partial charge in [-0.15, -0.1) is 0 Å². The Bertz CT molecular complexity index is 529. The minimum Gasteiger partial charge on any atom is -0.348 e. The lowest BCUT2D eigenvalue weighted by Gasteiger charge is -2.36. The highest BCUT2D eigenvalue weighted by molar-refractivity contribution is 5.80. The van der Waals surface area contributed by atoms with Gasteiger partial charge in [-0.1, -0.05) is 19.8 Å². The van der Waals surface area contributed by atoms with Gasteiger partial charge in [0.25, 0.3) is 5.91 Å². The molecule has 0 unspecified atom stereocenters. The number of aromatic nitrogens is 2. The molecule has 6 nitrogen and oxygen atoms in total. The molecule has 6 heteroatoms. The monoisotopic (exact) mass is 332 g/mol. The van der Waals surface area contributed by atoms with Crippen LogP contribution in [0, 0.1) is 5.92 Å². The number of amides is 1. The quantitative estimate of drug-likeness (QED) is 0.831. The van der Waals surface area contributed by atoms with Gasteiger partial charge in [0.05, 0.1) is 26.2 Å². The van der Waals surface area contributed by atoms with Crippen molar-refractivity contribution in [3.05, 3.63) is 18.5 Å². The van der Waals surface area contributed by atoms with Gasteiger partial charge in [-0.05, 0) is 31.7 Å². The van der Waals surface area contributed by atoms with Gasteiger partial charge in [-0.25, -0.2) is 9.97 Å². The van der Waals surface area contributed by atoms with Crippen LogP contribution in [0.4, 0.5) is 5.95 Å². The van der Waals surface area contributed by atoms with Gasteiger partial charge in [0, 0.05) is 18.4 Å². The third-order valence-electron chi connectivity index (χ3n) is 5.69. The number of anilines is 1. The topological polar surface area (TPSA) is 62.6 Å². The van der Waals surface area contributed by atoms with Crippen molar-refractivity contribution in [3.63, 3.8) is 0 Å². The molecule has 24 heavy (non-hydrogen) atoms. The summed E-state index contributed by atoms with van der Waals surface area (Å²) in [6.45, 7) is 8.03. The Morgan fingerprint density at radius 2 is 1.92 bits per heavy atom. The van der Waals surface area contributed by atoms with Gasteiger partial charge >= 0.3 is 0 Å². The minimum atomic E-state index is 0.0120. The summed E-state index contributed by atoms with van der Waals surface area (Å²) in [6, 6.07) is 2.22. The first-order valence-corrected chi connectivity index (χ1v) is 9.32. The van der Waals surface area contributed by atoms with Crippen molar-refractivity contribution >= 4 is 11.9 Å². The SMILES string of the molecule is C[C@@H]1CCCC[C@@H]1NC(=O)[C@@H](C)[NH+]1CCN(c2ncccn2)CC1. The number of carbonyl (C=O) groups is 1. The lowest BCUT2D eigenvalue weighted by molar-refractivity contribution is -0.914. The van der Waals surface area contributed by atoms with Crippen LogP contribution in [0.1, 0.15) is 39.5 Å². The Morgan fingerprint density at radius 3 is 2.58 bits per heavy atom. The first-order valence-electron chi connectivity index (χ1n) is 9.32. The highest BCUT2D eigenvalue weighted by atomic mass is 16.2. The van der Waals surface area contributed by atoms with Crippen molar-refractivity contribution in [3.8, 4) is 0 Å². The maximum Gasteiger partial charge on any atom is 0.278 e. The molecular weight excluding hydrogens is 302 g/mol. The van der Waals surface area contributed by atoms with E-state index in [1.165, 1.54) is 24.2 Å². The van der Waals surface area contributed by atoms with E-state index in [4.69, 9.17) is 0 Å². The summed E-state index contributed by atoms with van der Waals surface area (Å²) in [5.41, 5.74) is 0. The van der Waals surface area contributed by atoms with Crippen LogP contribution in [0.3, 0.4) is 0 Å². The molecule has 1 aromatic rings. The van der Waals surface area contributed by atoms with Gasteiger partial charge < -0.3 is 15.1 Å². The van der Waals surface area contributed by atoms with Crippen molar-refractivity contribution in [2.24, 2.45) is 5.92 Å². The number of piperazine rings is 1. The highest BCUT2D eigenvalue weighted by Gasteiger charge is 2.32. The van der Waals surface area contributed by atoms with Crippen LogP contribution in [0.15, 0.2) is 18.5 Å². The van der Waals surface area contributed by atoms with Crippen LogP contribution in [0.2, 0.25) is 0 Å². The zero-order valence-electron chi connectivity index (χ0n) is 14.9. The molecule has 2 fully saturated rings. The lowest BCUT2D eigenvalue weighted by atomic mass is 9.86. The van der Waals surface area contributed by atoms with Crippen LogP contribution < -0.4 is 15.1 Å². The van der Waals surface area contributed by atoms with Crippen LogP contribution in [-0.2, 0) is 4.79 Å². The predicted molar refractivity (Wildman–Crippen MR) is 94.0 cm³/mol. The van der Waals surface area contributed by atoms with Crippen molar-refractivity contribution in [2.75, 3.05) is 31.1 Å². The number of hydrogen-bond acceptors (Lipinski definition) is 4. The lowest BCUT2D eigenvalue weighted by Crippen LogP contribution is -3.19. The molecule has 3 atom stereocenters. The Morgan fingerprint density at radius 1 is 1.25 bits per heavy atom. The fraction of sp³-hybridized carbons (Fsp3) is 0.722. The molecule has 1 saturated heterocycles. The zero-order chi connectivity index (χ0) is 16.9. The molecule has 0 radical (unpaired) electrons. The summed E-state index contributed by atoms with van der Waals surface area (Å²) in [5, 5.41) is 3.31. The van der Waals surface area contributed by atoms with E-state index >= 15 is 0 Å². The minimum absolute atomic E-state index is 0.0120. The van der Waals surface area contributed by atoms with E-state index in [0.717, 1.165) is 38.5 Å². The van der Waals surface area contributed by atoms with Crippen LogP contribution in [0.25, 0.3) is 0 Å². The van der Waals surface area contributed by atoms with Crippen LogP contribution in [0.5, 0.6) is 0 Å². The average Bonchev–Trinajstić information content (AvgIpc) is 2.64. The molecule has 1 amide bonds. The summed E-state index contributed by atoms with van der Waals surface area (Å²) in [4.78, 5) is 24.8. The van der Waals surface area contributed by atoms with Gasteiger partial charge in [-0.2, -0.15) is 0 Å². The van der Waals surface area contributed by atoms with E-state index in [1.54, 1.807) is 12.4 Å². The summed E-state index contributed by atoms with van der Waals surface area (Å²) < 4.78 is 0. The van der Waals surface area contributed by atoms with Gasteiger partial charge in [0.2, 0.25) is 5.95 Å². The first-order chi connectivity index (χ1) is 11.6. The molecule has 2 heterocycles.